The monoisotopic (exact) mass is 318 g/mol. The third-order valence-electron chi connectivity index (χ3n) is 3.03. The Balaban J connectivity index is 2.02. The maximum Gasteiger partial charge on any atom is 0.346 e. The zero-order chi connectivity index (χ0) is 17.0. The van der Waals surface area contributed by atoms with Crippen LogP contribution in [0.25, 0.3) is 11.5 Å². The highest BCUT2D eigenvalue weighted by atomic mass is 16.2. The molecule has 0 aliphatic carbocycles. The van der Waals surface area contributed by atoms with Crippen LogP contribution in [0.1, 0.15) is 20.8 Å². The first kappa shape index (κ1) is 16.7. The second-order valence-electron chi connectivity index (χ2n) is 6.23. The van der Waals surface area contributed by atoms with Crippen molar-refractivity contribution in [1.82, 2.24) is 30.0 Å². The van der Waals surface area contributed by atoms with Crippen LogP contribution in [0.2, 0.25) is 0 Å². The maximum atomic E-state index is 12.2. The van der Waals surface area contributed by atoms with Crippen molar-refractivity contribution in [3.05, 3.63) is 34.9 Å². The zero-order valence-electron chi connectivity index (χ0n) is 13.8. The fourth-order valence-electron chi connectivity index (χ4n) is 2.01. The van der Waals surface area contributed by atoms with Gasteiger partial charge in [0.25, 0.3) is 0 Å². The number of pyridine rings is 1. The highest BCUT2D eigenvalue weighted by Crippen LogP contribution is 2.10. The fourth-order valence-corrected chi connectivity index (χ4v) is 2.01. The molecule has 0 aliphatic heterocycles. The van der Waals surface area contributed by atoms with E-state index in [4.69, 9.17) is 0 Å². The molecule has 0 bridgehead atoms. The van der Waals surface area contributed by atoms with Gasteiger partial charge in [-0.15, -0.1) is 5.10 Å². The van der Waals surface area contributed by atoms with Crippen molar-refractivity contribution in [1.29, 1.82) is 0 Å². The number of carbonyl (C=O) groups is 1. The lowest BCUT2D eigenvalue weighted by molar-refractivity contribution is 0.231. The molecule has 2 N–H and O–H groups in total. The lowest BCUT2D eigenvalue weighted by atomic mass is 10.1. The second kappa shape index (κ2) is 6.64. The van der Waals surface area contributed by atoms with Gasteiger partial charge in [0.1, 0.15) is 5.69 Å². The van der Waals surface area contributed by atoms with Crippen molar-refractivity contribution < 1.29 is 4.79 Å². The van der Waals surface area contributed by atoms with Gasteiger partial charge in [0.2, 0.25) is 0 Å². The van der Waals surface area contributed by atoms with Crippen LogP contribution in [0.3, 0.4) is 0 Å². The summed E-state index contributed by atoms with van der Waals surface area (Å²) in [4.78, 5) is 28.1. The number of nitrogens with one attached hydrogen (secondary N) is 2. The number of amides is 2. The van der Waals surface area contributed by atoms with E-state index in [9.17, 15) is 9.59 Å². The molecule has 23 heavy (non-hydrogen) atoms. The molecule has 2 aromatic rings. The third kappa shape index (κ3) is 4.41. The molecular weight excluding hydrogens is 296 g/mol. The van der Waals surface area contributed by atoms with E-state index in [1.165, 1.54) is 9.25 Å². The van der Waals surface area contributed by atoms with E-state index in [1.807, 2.05) is 26.8 Å². The molecule has 0 spiro atoms. The second-order valence-corrected chi connectivity index (χ2v) is 6.23. The Morgan fingerprint density at radius 2 is 2.04 bits per heavy atom. The lowest BCUT2D eigenvalue weighted by Crippen LogP contribution is -2.47. The molecule has 8 heteroatoms. The summed E-state index contributed by atoms with van der Waals surface area (Å²) in [5, 5.41) is 9.78. The van der Waals surface area contributed by atoms with Crippen LogP contribution < -0.4 is 16.3 Å². The molecule has 0 unspecified atom stereocenters. The van der Waals surface area contributed by atoms with E-state index in [-0.39, 0.29) is 23.8 Å². The minimum Gasteiger partial charge on any atom is -0.336 e. The summed E-state index contributed by atoms with van der Waals surface area (Å²) < 4.78 is 2.76. The molecule has 2 aromatic heterocycles. The Kier molecular flexibility index (Phi) is 4.83. The largest absolute Gasteiger partial charge is 0.346 e. The molecule has 0 fully saturated rings. The highest BCUT2D eigenvalue weighted by Gasteiger charge is 2.15. The van der Waals surface area contributed by atoms with Crippen LogP contribution in [-0.4, -0.2) is 37.4 Å². The van der Waals surface area contributed by atoms with Crippen molar-refractivity contribution in [3.8, 4) is 11.5 Å². The maximum absolute atomic E-state index is 12.2. The van der Waals surface area contributed by atoms with Crippen molar-refractivity contribution in [3.63, 3.8) is 0 Å². The molecule has 0 saturated heterocycles. The summed E-state index contributed by atoms with van der Waals surface area (Å²) in [7, 11) is 1.65. The summed E-state index contributed by atoms with van der Waals surface area (Å²) in [5.74, 6) is 0.495. The number of rotatable bonds is 4. The normalized spacial score (nSPS) is 11.3. The van der Waals surface area contributed by atoms with E-state index >= 15 is 0 Å². The Labute approximate surface area is 134 Å². The quantitative estimate of drug-likeness (QED) is 0.869. The molecular formula is C15H22N6O2. The number of nitrogens with zero attached hydrogens (tertiary/aromatic N) is 4. The minimum atomic E-state index is -0.307. The number of carbonyl (C=O) groups excluding carboxylic acids is 1. The molecule has 0 aliphatic rings. The first-order chi connectivity index (χ1) is 10.8. The lowest BCUT2D eigenvalue weighted by Gasteiger charge is -2.20. The zero-order valence-corrected chi connectivity index (χ0v) is 13.8. The van der Waals surface area contributed by atoms with Gasteiger partial charge in [-0.3, -0.25) is 9.55 Å². The van der Waals surface area contributed by atoms with E-state index in [0.717, 1.165) is 0 Å². The minimum absolute atomic E-state index is 0.247. The average molecular weight is 318 g/mol. The summed E-state index contributed by atoms with van der Waals surface area (Å²) in [5.41, 5.74) is 0.0749. The molecule has 2 amide bonds. The van der Waals surface area contributed by atoms with Gasteiger partial charge in [-0.05, 0) is 32.9 Å². The fraction of sp³-hybridized carbons (Fsp3) is 0.467. The van der Waals surface area contributed by atoms with E-state index in [1.54, 1.807) is 25.4 Å². The molecule has 2 rings (SSSR count). The van der Waals surface area contributed by atoms with Crippen LogP contribution in [0.5, 0.6) is 0 Å². The molecule has 0 atom stereocenters. The number of hydrogen-bond acceptors (Lipinski definition) is 4. The van der Waals surface area contributed by atoms with Crippen LogP contribution in [0.4, 0.5) is 4.79 Å². The van der Waals surface area contributed by atoms with Gasteiger partial charge in [-0.2, -0.15) is 0 Å². The summed E-state index contributed by atoms with van der Waals surface area (Å²) >= 11 is 0. The van der Waals surface area contributed by atoms with Gasteiger partial charge in [-0.25, -0.2) is 14.3 Å². The summed E-state index contributed by atoms with van der Waals surface area (Å²) in [6, 6.07) is 5.16. The van der Waals surface area contributed by atoms with Crippen molar-refractivity contribution in [2.45, 2.75) is 32.9 Å². The van der Waals surface area contributed by atoms with Gasteiger partial charge in [0, 0.05) is 25.3 Å². The molecule has 0 saturated carbocycles. The van der Waals surface area contributed by atoms with Crippen molar-refractivity contribution in [2.75, 3.05) is 6.54 Å². The molecule has 124 valence electrons. The third-order valence-corrected chi connectivity index (χ3v) is 3.03. The van der Waals surface area contributed by atoms with Gasteiger partial charge in [-0.1, -0.05) is 6.07 Å². The SMILES string of the molecule is Cn1c(-c2ccccn2)nn(CCNC(=O)NC(C)(C)C)c1=O. The van der Waals surface area contributed by atoms with E-state index in [2.05, 4.69) is 20.7 Å². The van der Waals surface area contributed by atoms with Gasteiger partial charge >= 0.3 is 11.7 Å². The van der Waals surface area contributed by atoms with Crippen LogP contribution in [0, 0.1) is 0 Å². The molecule has 2 heterocycles. The first-order valence-electron chi connectivity index (χ1n) is 7.39. The summed E-state index contributed by atoms with van der Waals surface area (Å²) in [6.45, 7) is 6.29. The predicted molar refractivity (Wildman–Crippen MR) is 87.0 cm³/mol. The van der Waals surface area contributed by atoms with Gasteiger partial charge < -0.3 is 10.6 Å². The number of aromatic nitrogens is 4. The van der Waals surface area contributed by atoms with Gasteiger partial charge in [0.15, 0.2) is 5.82 Å². The molecule has 0 aromatic carbocycles. The van der Waals surface area contributed by atoms with Crippen molar-refractivity contribution in [2.24, 2.45) is 7.05 Å². The van der Waals surface area contributed by atoms with E-state index in [0.29, 0.717) is 18.1 Å². The first-order valence-corrected chi connectivity index (χ1v) is 7.39. The van der Waals surface area contributed by atoms with Crippen LogP contribution in [0.15, 0.2) is 29.2 Å². The molecule has 0 radical (unpaired) electrons. The highest BCUT2D eigenvalue weighted by molar-refractivity contribution is 5.74. The standard InChI is InChI=1S/C15H22N6O2/c1-15(2,3)18-13(22)17-9-10-21-14(23)20(4)12(19-21)11-7-5-6-8-16-11/h5-8H,9-10H2,1-4H3,(H2,17,18,22). The Hall–Kier alpha value is -2.64. The average Bonchev–Trinajstić information content (AvgIpc) is 2.75. The Morgan fingerprint density at radius 1 is 1.30 bits per heavy atom. The Bertz CT molecular complexity index is 727. The number of hydrogen-bond donors (Lipinski definition) is 2. The topological polar surface area (TPSA) is 93.8 Å². The molecule has 8 nitrogen and oxygen atoms in total. The summed E-state index contributed by atoms with van der Waals surface area (Å²) in [6.07, 6.45) is 1.65. The van der Waals surface area contributed by atoms with Crippen molar-refractivity contribution >= 4 is 6.03 Å². The Morgan fingerprint density at radius 3 is 2.65 bits per heavy atom. The van der Waals surface area contributed by atoms with Crippen LogP contribution >= 0.6 is 0 Å². The predicted octanol–water partition coefficient (Wildman–Crippen LogP) is 0.741. The number of urea groups is 1. The van der Waals surface area contributed by atoms with Gasteiger partial charge in [0.05, 0.1) is 6.54 Å². The van der Waals surface area contributed by atoms with Crippen LogP contribution in [-0.2, 0) is 13.6 Å². The van der Waals surface area contributed by atoms with E-state index < -0.39 is 0 Å². The smallest absolute Gasteiger partial charge is 0.336 e.